The molecule has 3 rings (SSSR count). The predicted molar refractivity (Wildman–Crippen MR) is 80.0 cm³/mol. The topological polar surface area (TPSA) is 69.2 Å². The van der Waals surface area contributed by atoms with E-state index in [1.54, 1.807) is 0 Å². The first kappa shape index (κ1) is 14.8. The van der Waals surface area contributed by atoms with Crippen molar-refractivity contribution in [3.63, 3.8) is 0 Å². The second kappa shape index (κ2) is 4.96. The average molecular weight is 346 g/mol. The molecule has 0 unspecified atom stereocenters. The fourth-order valence-electron chi connectivity index (χ4n) is 2.25. The molecule has 2 aromatic heterocycles. The number of pyridine rings is 1. The third-order valence-corrected chi connectivity index (χ3v) is 4.09. The van der Waals surface area contributed by atoms with Gasteiger partial charge in [0.2, 0.25) is 0 Å². The molecule has 0 fully saturated rings. The van der Waals surface area contributed by atoms with E-state index in [4.69, 9.17) is 28.3 Å². The smallest absolute Gasteiger partial charge is 0.411 e. The molecule has 2 N–H and O–H groups in total. The molecule has 0 aliphatic heterocycles. The van der Waals surface area contributed by atoms with Gasteiger partial charge in [-0.15, -0.1) is 0 Å². The van der Waals surface area contributed by atoms with E-state index in [-0.39, 0.29) is 37.7 Å². The number of carboxylic acid groups (broad SMARTS) is 1. The molecule has 0 saturated heterocycles. The lowest BCUT2D eigenvalue weighted by Crippen LogP contribution is -2.24. The first-order valence-corrected chi connectivity index (χ1v) is 6.68. The molecule has 0 aliphatic carbocycles. The number of hydrogen-bond donors (Lipinski definition) is 2. The number of anilines is 1. The first-order chi connectivity index (χ1) is 10.3. The van der Waals surface area contributed by atoms with Crippen LogP contribution in [0, 0.1) is 11.6 Å². The number of amides is 1. The summed E-state index contributed by atoms with van der Waals surface area (Å²) in [6, 6.07) is 0.788. The van der Waals surface area contributed by atoms with Gasteiger partial charge in [0, 0.05) is 24.7 Å². The number of H-pyrrole nitrogens is 1. The van der Waals surface area contributed by atoms with Crippen LogP contribution < -0.4 is 4.90 Å². The van der Waals surface area contributed by atoms with E-state index in [0.29, 0.717) is 0 Å². The molecule has 0 bridgehead atoms. The van der Waals surface area contributed by atoms with Crippen LogP contribution >= 0.6 is 23.2 Å². The first-order valence-electron chi connectivity index (χ1n) is 5.93. The van der Waals surface area contributed by atoms with Crippen molar-refractivity contribution in [2.24, 2.45) is 0 Å². The van der Waals surface area contributed by atoms with E-state index in [0.717, 1.165) is 11.0 Å². The third-order valence-electron chi connectivity index (χ3n) is 3.31. The minimum Gasteiger partial charge on any atom is -0.465 e. The number of rotatable bonds is 1. The quantitative estimate of drug-likeness (QED) is 0.686. The average Bonchev–Trinajstić information content (AvgIpc) is 2.86. The van der Waals surface area contributed by atoms with Crippen LogP contribution in [0.1, 0.15) is 0 Å². The molecule has 0 spiro atoms. The highest BCUT2D eigenvalue weighted by molar-refractivity contribution is 6.46. The molecule has 9 heteroatoms. The standard InChI is InChI=1S/C13H7Cl2F2N3O2/c1-20(13(21)22)6-2-5(16)10(17)8-7-9(15)4(14)3-18-12(7)19-11(6)8/h2-3H,1H3,(H,18,19)(H,21,22). The largest absolute Gasteiger partial charge is 0.465 e. The summed E-state index contributed by atoms with van der Waals surface area (Å²) in [6.07, 6.45) is -0.0701. The van der Waals surface area contributed by atoms with Crippen LogP contribution in [0.5, 0.6) is 0 Å². The van der Waals surface area contributed by atoms with Gasteiger partial charge in [0.15, 0.2) is 11.6 Å². The fraction of sp³-hybridized carbons (Fsp3) is 0.0769. The van der Waals surface area contributed by atoms with Crippen LogP contribution in [0.4, 0.5) is 19.3 Å². The van der Waals surface area contributed by atoms with Gasteiger partial charge in [0.1, 0.15) is 5.65 Å². The zero-order valence-corrected chi connectivity index (χ0v) is 12.4. The molecule has 1 aromatic carbocycles. The van der Waals surface area contributed by atoms with E-state index in [2.05, 4.69) is 9.97 Å². The highest BCUT2D eigenvalue weighted by atomic mass is 35.5. The maximum atomic E-state index is 14.2. The van der Waals surface area contributed by atoms with Crippen molar-refractivity contribution in [3.8, 4) is 0 Å². The van der Waals surface area contributed by atoms with Crippen molar-refractivity contribution >= 4 is 56.9 Å². The lowest BCUT2D eigenvalue weighted by Gasteiger charge is -2.14. The fourth-order valence-corrected chi connectivity index (χ4v) is 2.62. The van der Waals surface area contributed by atoms with Crippen molar-refractivity contribution in [1.82, 2.24) is 9.97 Å². The zero-order chi connectivity index (χ0) is 16.2. The van der Waals surface area contributed by atoms with Gasteiger partial charge in [0.05, 0.1) is 26.6 Å². The summed E-state index contributed by atoms with van der Waals surface area (Å²) in [4.78, 5) is 18.6. The number of benzene rings is 1. The van der Waals surface area contributed by atoms with Crippen LogP contribution in [0.25, 0.3) is 21.9 Å². The summed E-state index contributed by atoms with van der Waals surface area (Å²) < 4.78 is 28.1. The Morgan fingerprint density at radius 3 is 2.68 bits per heavy atom. The number of carbonyl (C=O) groups is 1. The molecular formula is C13H7Cl2F2N3O2. The Morgan fingerprint density at radius 2 is 2.05 bits per heavy atom. The Balaban J connectivity index is 2.54. The summed E-state index contributed by atoms with van der Waals surface area (Å²) >= 11 is 11.9. The van der Waals surface area contributed by atoms with Crippen LogP contribution in [0.2, 0.25) is 10.0 Å². The van der Waals surface area contributed by atoms with E-state index in [1.807, 2.05) is 0 Å². The summed E-state index contributed by atoms with van der Waals surface area (Å²) in [5.74, 6) is -2.36. The molecule has 0 radical (unpaired) electrons. The molecule has 2 heterocycles. The monoisotopic (exact) mass is 345 g/mol. The van der Waals surface area contributed by atoms with E-state index in [9.17, 15) is 13.6 Å². The Kier molecular flexibility index (Phi) is 3.34. The van der Waals surface area contributed by atoms with E-state index >= 15 is 0 Å². The van der Waals surface area contributed by atoms with Crippen molar-refractivity contribution < 1.29 is 18.7 Å². The van der Waals surface area contributed by atoms with Gasteiger partial charge < -0.3 is 10.1 Å². The highest BCUT2D eigenvalue weighted by Gasteiger charge is 2.23. The molecule has 5 nitrogen and oxygen atoms in total. The number of fused-ring (bicyclic) bond motifs is 3. The maximum absolute atomic E-state index is 14.2. The number of nitrogens with one attached hydrogen (secondary N) is 1. The number of aromatic nitrogens is 2. The number of hydrogen-bond acceptors (Lipinski definition) is 2. The Hall–Kier alpha value is -2.12. The molecule has 0 atom stereocenters. The molecular weight excluding hydrogens is 339 g/mol. The van der Waals surface area contributed by atoms with E-state index in [1.165, 1.54) is 13.2 Å². The SMILES string of the molecule is CN(C(=O)O)c1cc(F)c(F)c2c1[nH]c1ncc(Cl)c(Cl)c12. The second-order valence-electron chi connectivity index (χ2n) is 4.55. The summed E-state index contributed by atoms with van der Waals surface area (Å²) in [5.41, 5.74) is 0.177. The minimum absolute atomic E-state index is 0.00587. The van der Waals surface area contributed by atoms with Gasteiger partial charge in [-0.25, -0.2) is 18.6 Å². The molecule has 0 saturated carbocycles. The Bertz CT molecular complexity index is 942. The van der Waals surface area contributed by atoms with Gasteiger partial charge >= 0.3 is 6.09 Å². The van der Waals surface area contributed by atoms with Crippen LogP contribution in [-0.2, 0) is 0 Å². The van der Waals surface area contributed by atoms with Gasteiger partial charge in [0.25, 0.3) is 0 Å². The van der Waals surface area contributed by atoms with Crippen LogP contribution in [0.3, 0.4) is 0 Å². The number of halogens is 4. The zero-order valence-electron chi connectivity index (χ0n) is 10.9. The van der Waals surface area contributed by atoms with Crippen LogP contribution in [0.15, 0.2) is 12.3 Å². The van der Waals surface area contributed by atoms with Crippen molar-refractivity contribution in [3.05, 3.63) is 33.9 Å². The third kappa shape index (κ3) is 1.97. The van der Waals surface area contributed by atoms with Crippen molar-refractivity contribution in [2.45, 2.75) is 0 Å². The maximum Gasteiger partial charge on any atom is 0.411 e. The Labute approximate surface area is 132 Å². The van der Waals surface area contributed by atoms with Gasteiger partial charge in [-0.05, 0) is 0 Å². The normalized spacial score (nSPS) is 11.3. The second-order valence-corrected chi connectivity index (χ2v) is 5.34. The minimum atomic E-state index is -1.33. The van der Waals surface area contributed by atoms with Crippen molar-refractivity contribution in [1.29, 1.82) is 0 Å². The summed E-state index contributed by atoms with van der Waals surface area (Å²) in [6.45, 7) is 0. The predicted octanol–water partition coefficient (Wildman–Crippen LogP) is 4.42. The Morgan fingerprint density at radius 1 is 1.36 bits per heavy atom. The number of nitrogens with zero attached hydrogens (tertiary/aromatic N) is 2. The molecule has 22 heavy (non-hydrogen) atoms. The molecule has 3 aromatic rings. The lowest BCUT2D eigenvalue weighted by atomic mass is 10.1. The summed E-state index contributed by atoms with van der Waals surface area (Å²) in [7, 11) is 1.21. The van der Waals surface area contributed by atoms with Gasteiger partial charge in [-0.3, -0.25) is 4.90 Å². The molecule has 0 aliphatic rings. The summed E-state index contributed by atoms with van der Waals surface area (Å²) in [5, 5.41) is 9.05. The highest BCUT2D eigenvalue weighted by Crippen LogP contribution is 2.40. The number of aromatic amines is 1. The van der Waals surface area contributed by atoms with Gasteiger partial charge in [-0.2, -0.15) is 0 Å². The van der Waals surface area contributed by atoms with E-state index < -0.39 is 17.7 Å². The van der Waals surface area contributed by atoms with Crippen LogP contribution in [-0.4, -0.2) is 28.2 Å². The van der Waals surface area contributed by atoms with Gasteiger partial charge in [-0.1, -0.05) is 23.2 Å². The molecule has 1 amide bonds. The molecule has 114 valence electrons. The lowest BCUT2D eigenvalue weighted by molar-refractivity contribution is 0.203. The van der Waals surface area contributed by atoms with Crippen molar-refractivity contribution in [2.75, 3.05) is 11.9 Å².